The Morgan fingerprint density at radius 1 is 1.67 bits per heavy atom. The third kappa shape index (κ3) is 1.86. The van der Waals surface area contributed by atoms with Crippen LogP contribution in [0, 0.1) is 6.92 Å². The zero-order valence-corrected chi connectivity index (χ0v) is 8.73. The van der Waals surface area contributed by atoms with Crippen LogP contribution < -0.4 is 0 Å². The van der Waals surface area contributed by atoms with Crippen LogP contribution in [0.2, 0.25) is 0 Å². The van der Waals surface area contributed by atoms with Crippen molar-refractivity contribution < 1.29 is 9.90 Å². The second-order valence-corrected chi connectivity index (χ2v) is 3.89. The Morgan fingerprint density at radius 2 is 2.47 bits per heavy atom. The minimum absolute atomic E-state index is 0.00782. The topological polar surface area (TPSA) is 80.9 Å². The van der Waals surface area contributed by atoms with E-state index >= 15 is 0 Å². The SMILES string of the molecule is Cc1c(C(=O)O)nnn1Cc1nccs1. The molecule has 0 radical (unpaired) electrons. The van der Waals surface area contributed by atoms with Crippen LogP contribution in [0.25, 0.3) is 0 Å². The minimum Gasteiger partial charge on any atom is -0.476 e. The summed E-state index contributed by atoms with van der Waals surface area (Å²) in [6.45, 7) is 2.14. The van der Waals surface area contributed by atoms with Gasteiger partial charge in [0, 0.05) is 11.6 Å². The first-order valence-corrected chi connectivity index (χ1v) is 5.08. The molecule has 0 unspecified atom stereocenters. The summed E-state index contributed by atoms with van der Waals surface area (Å²) >= 11 is 1.50. The lowest BCUT2D eigenvalue weighted by Crippen LogP contribution is -2.05. The highest BCUT2D eigenvalue weighted by atomic mass is 32.1. The molecule has 6 nitrogen and oxygen atoms in total. The number of carboxylic acid groups (broad SMARTS) is 1. The summed E-state index contributed by atoms with van der Waals surface area (Å²) in [6, 6.07) is 0. The molecule has 15 heavy (non-hydrogen) atoms. The van der Waals surface area contributed by atoms with E-state index in [2.05, 4.69) is 15.3 Å². The van der Waals surface area contributed by atoms with E-state index < -0.39 is 5.97 Å². The molecular formula is C8H8N4O2S. The van der Waals surface area contributed by atoms with Crippen molar-refractivity contribution >= 4 is 17.3 Å². The lowest BCUT2D eigenvalue weighted by atomic mass is 10.3. The number of carboxylic acids is 1. The van der Waals surface area contributed by atoms with Gasteiger partial charge in [0.25, 0.3) is 0 Å². The molecule has 0 amide bonds. The Kier molecular flexibility index (Phi) is 2.46. The summed E-state index contributed by atoms with van der Waals surface area (Å²) < 4.78 is 1.53. The van der Waals surface area contributed by atoms with Gasteiger partial charge in [-0.2, -0.15) is 0 Å². The summed E-state index contributed by atoms with van der Waals surface area (Å²) in [5.41, 5.74) is 0.532. The van der Waals surface area contributed by atoms with Gasteiger partial charge in [-0.1, -0.05) is 5.21 Å². The fourth-order valence-corrected chi connectivity index (χ4v) is 1.76. The van der Waals surface area contributed by atoms with Crippen molar-refractivity contribution in [2.75, 3.05) is 0 Å². The van der Waals surface area contributed by atoms with Gasteiger partial charge < -0.3 is 5.11 Å². The Labute approximate surface area is 89.2 Å². The molecular weight excluding hydrogens is 216 g/mol. The highest BCUT2D eigenvalue weighted by Crippen LogP contribution is 2.09. The van der Waals surface area contributed by atoms with Gasteiger partial charge in [-0.15, -0.1) is 16.4 Å². The normalized spacial score (nSPS) is 10.5. The van der Waals surface area contributed by atoms with Crippen molar-refractivity contribution in [1.82, 2.24) is 20.0 Å². The molecule has 2 aromatic heterocycles. The molecule has 0 spiro atoms. The van der Waals surface area contributed by atoms with Crippen molar-refractivity contribution in [3.63, 3.8) is 0 Å². The lowest BCUT2D eigenvalue weighted by Gasteiger charge is -1.98. The summed E-state index contributed by atoms with van der Waals surface area (Å²) in [7, 11) is 0. The summed E-state index contributed by atoms with van der Waals surface area (Å²) in [4.78, 5) is 14.8. The average molecular weight is 224 g/mol. The molecule has 0 aliphatic rings. The summed E-state index contributed by atoms with van der Waals surface area (Å²) in [5.74, 6) is -1.06. The number of carbonyl (C=O) groups is 1. The molecule has 2 heterocycles. The Balaban J connectivity index is 2.27. The lowest BCUT2D eigenvalue weighted by molar-refractivity contribution is 0.0689. The van der Waals surface area contributed by atoms with Crippen molar-refractivity contribution in [2.24, 2.45) is 0 Å². The van der Waals surface area contributed by atoms with Crippen molar-refractivity contribution in [3.05, 3.63) is 28.0 Å². The van der Waals surface area contributed by atoms with E-state index in [1.807, 2.05) is 5.38 Å². The first-order valence-electron chi connectivity index (χ1n) is 4.20. The van der Waals surface area contributed by atoms with E-state index in [0.717, 1.165) is 5.01 Å². The van der Waals surface area contributed by atoms with Crippen molar-refractivity contribution in [1.29, 1.82) is 0 Å². The minimum atomic E-state index is -1.06. The zero-order chi connectivity index (χ0) is 10.8. The Morgan fingerprint density at radius 3 is 3.00 bits per heavy atom. The molecule has 0 aliphatic carbocycles. The smallest absolute Gasteiger partial charge is 0.358 e. The number of hydrogen-bond acceptors (Lipinski definition) is 5. The largest absolute Gasteiger partial charge is 0.476 e. The monoisotopic (exact) mass is 224 g/mol. The molecule has 0 saturated carbocycles. The number of rotatable bonds is 3. The molecule has 78 valence electrons. The van der Waals surface area contributed by atoms with Crippen molar-refractivity contribution in [2.45, 2.75) is 13.5 Å². The van der Waals surface area contributed by atoms with E-state index in [1.54, 1.807) is 13.1 Å². The predicted octanol–water partition coefficient (Wildman–Crippen LogP) is 0.790. The van der Waals surface area contributed by atoms with Crippen LogP contribution in [0.3, 0.4) is 0 Å². The predicted molar refractivity (Wildman–Crippen MR) is 52.9 cm³/mol. The van der Waals surface area contributed by atoms with E-state index in [0.29, 0.717) is 12.2 Å². The molecule has 2 aromatic rings. The standard InChI is InChI=1S/C8H8N4O2S/c1-5-7(8(13)14)10-11-12(5)4-6-9-2-3-15-6/h2-3H,4H2,1H3,(H,13,14). The van der Waals surface area contributed by atoms with E-state index in [4.69, 9.17) is 5.11 Å². The van der Waals surface area contributed by atoms with Crippen LogP contribution in [0.5, 0.6) is 0 Å². The zero-order valence-electron chi connectivity index (χ0n) is 7.91. The quantitative estimate of drug-likeness (QED) is 0.833. The third-order valence-electron chi connectivity index (χ3n) is 1.95. The van der Waals surface area contributed by atoms with Gasteiger partial charge in [-0.05, 0) is 6.92 Å². The molecule has 0 bridgehead atoms. The highest BCUT2D eigenvalue weighted by molar-refractivity contribution is 7.09. The second-order valence-electron chi connectivity index (χ2n) is 2.91. The number of aromatic nitrogens is 4. The Hall–Kier alpha value is -1.76. The van der Waals surface area contributed by atoms with Gasteiger partial charge in [0.1, 0.15) is 5.01 Å². The van der Waals surface area contributed by atoms with Crippen LogP contribution in [0.1, 0.15) is 21.2 Å². The molecule has 0 aromatic carbocycles. The molecule has 0 aliphatic heterocycles. The third-order valence-corrected chi connectivity index (χ3v) is 2.72. The molecule has 0 atom stereocenters. The summed E-state index contributed by atoms with van der Waals surface area (Å²) in [5, 5.41) is 18.9. The second kappa shape index (κ2) is 3.77. The summed E-state index contributed by atoms with van der Waals surface area (Å²) in [6.07, 6.45) is 1.70. The first-order chi connectivity index (χ1) is 7.18. The maximum Gasteiger partial charge on any atom is 0.358 e. The average Bonchev–Trinajstić information content (AvgIpc) is 2.78. The van der Waals surface area contributed by atoms with Crippen molar-refractivity contribution in [3.8, 4) is 0 Å². The van der Waals surface area contributed by atoms with Crippen LogP contribution in [0.15, 0.2) is 11.6 Å². The van der Waals surface area contributed by atoms with Crippen LogP contribution >= 0.6 is 11.3 Å². The fraction of sp³-hybridized carbons (Fsp3) is 0.250. The molecule has 0 saturated heterocycles. The number of aromatic carboxylic acids is 1. The maximum atomic E-state index is 10.7. The Bertz CT molecular complexity index is 477. The van der Waals surface area contributed by atoms with Gasteiger partial charge >= 0.3 is 5.97 Å². The first kappa shape index (κ1) is 9.78. The number of nitrogens with zero attached hydrogens (tertiary/aromatic N) is 4. The van der Waals surface area contributed by atoms with Gasteiger partial charge in [0.2, 0.25) is 0 Å². The molecule has 2 rings (SSSR count). The van der Waals surface area contributed by atoms with Gasteiger partial charge in [-0.25, -0.2) is 14.5 Å². The van der Waals surface area contributed by atoms with Crippen LogP contribution in [-0.2, 0) is 6.54 Å². The van der Waals surface area contributed by atoms with Crippen LogP contribution in [0.4, 0.5) is 0 Å². The number of hydrogen-bond donors (Lipinski definition) is 1. The molecule has 0 fully saturated rings. The fourth-order valence-electron chi connectivity index (χ4n) is 1.17. The van der Waals surface area contributed by atoms with E-state index in [1.165, 1.54) is 16.0 Å². The van der Waals surface area contributed by atoms with Gasteiger partial charge in [-0.3, -0.25) is 0 Å². The van der Waals surface area contributed by atoms with E-state index in [9.17, 15) is 4.79 Å². The molecule has 1 N–H and O–H groups in total. The van der Waals surface area contributed by atoms with E-state index in [-0.39, 0.29) is 5.69 Å². The molecule has 7 heteroatoms. The van der Waals surface area contributed by atoms with Gasteiger partial charge in [0.05, 0.1) is 12.2 Å². The maximum absolute atomic E-state index is 10.7. The number of thiazole rings is 1. The van der Waals surface area contributed by atoms with Crippen LogP contribution in [-0.4, -0.2) is 31.1 Å². The highest BCUT2D eigenvalue weighted by Gasteiger charge is 2.15. The van der Waals surface area contributed by atoms with Gasteiger partial charge in [0.15, 0.2) is 5.69 Å².